The summed E-state index contributed by atoms with van der Waals surface area (Å²) in [6, 6.07) is 0. The Labute approximate surface area is 126 Å². The summed E-state index contributed by atoms with van der Waals surface area (Å²) in [6.45, 7) is 9.35. The van der Waals surface area contributed by atoms with E-state index in [0.717, 1.165) is 12.8 Å². The topological polar surface area (TPSA) is 63.2 Å². The van der Waals surface area contributed by atoms with Crippen molar-refractivity contribution in [2.75, 3.05) is 52.9 Å². The second kappa shape index (κ2) is 11.7. The van der Waals surface area contributed by atoms with E-state index >= 15 is 0 Å². The van der Waals surface area contributed by atoms with Crippen molar-refractivity contribution < 1.29 is 28.5 Å². The summed E-state index contributed by atoms with van der Waals surface area (Å²) in [5.74, 6) is -0.408. The van der Waals surface area contributed by atoms with Crippen molar-refractivity contribution in [2.45, 2.75) is 25.9 Å². The van der Waals surface area contributed by atoms with Gasteiger partial charge in [-0.15, -0.1) is 0 Å². The van der Waals surface area contributed by atoms with Crippen LogP contribution >= 0.6 is 0 Å². The zero-order valence-electron chi connectivity index (χ0n) is 12.8. The van der Waals surface area contributed by atoms with Crippen molar-refractivity contribution in [2.24, 2.45) is 0 Å². The number of esters is 1. The third-order valence-electron chi connectivity index (χ3n) is 2.79. The molecule has 6 heteroatoms. The first kappa shape index (κ1) is 18.1. The van der Waals surface area contributed by atoms with Crippen molar-refractivity contribution in [3.05, 3.63) is 12.2 Å². The maximum atomic E-state index is 11.4. The van der Waals surface area contributed by atoms with Crippen LogP contribution in [0.3, 0.4) is 0 Å². The number of rotatable bonds is 3. The molecule has 1 aliphatic rings. The van der Waals surface area contributed by atoms with Crippen LogP contribution in [-0.2, 0) is 28.5 Å². The van der Waals surface area contributed by atoms with Crippen LogP contribution < -0.4 is 0 Å². The summed E-state index contributed by atoms with van der Waals surface area (Å²) in [7, 11) is 0. The van der Waals surface area contributed by atoms with E-state index in [2.05, 4.69) is 6.58 Å². The third kappa shape index (κ3) is 9.57. The van der Waals surface area contributed by atoms with E-state index in [1.54, 1.807) is 6.92 Å². The maximum absolute atomic E-state index is 11.4. The molecule has 0 aliphatic carbocycles. The standard InChI is InChI=1S/C15H26O6/c1-13(2)15(16)21-12-14-11-19-7-3-5-17-9-10-18-6-4-8-20-14/h14H,1,3-12H2,2H3. The normalized spacial score (nSPS) is 23.0. The lowest BCUT2D eigenvalue weighted by atomic mass is 10.3. The number of hydrogen-bond donors (Lipinski definition) is 0. The fraction of sp³-hybridized carbons (Fsp3) is 0.800. The molecule has 21 heavy (non-hydrogen) atoms. The largest absolute Gasteiger partial charge is 0.459 e. The molecule has 0 aromatic rings. The molecule has 1 atom stereocenters. The highest BCUT2D eigenvalue weighted by Crippen LogP contribution is 2.01. The second-order valence-electron chi connectivity index (χ2n) is 4.88. The summed E-state index contributed by atoms with van der Waals surface area (Å²) in [5, 5.41) is 0. The SMILES string of the molecule is C=C(C)C(=O)OCC1COCCCOCCOCCCO1. The van der Waals surface area contributed by atoms with Crippen LogP contribution in [0.5, 0.6) is 0 Å². The highest BCUT2D eigenvalue weighted by molar-refractivity contribution is 5.86. The number of hydrogen-bond acceptors (Lipinski definition) is 6. The molecule has 6 nitrogen and oxygen atoms in total. The molecule has 0 saturated carbocycles. The van der Waals surface area contributed by atoms with E-state index in [4.69, 9.17) is 23.7 Å². The van der Waals surface area contributed by atoms with Crippen LogP contribution in [0.15, 0.2) is 12.2 Å². The molecule has 1 rings (SSSR count). The van der Waals surface area contributed by atoms with Crippen molar-refractivity contribution in [1.82, 2.24) is 0 Å². The molecule has 0 aromatic carbocycles. The first-order chi connectivity index (χ1) is 10.2. The Morgan fingerprint density at radius 3 is 2.33 bits per heavy atom. The number of carbonyl (C=O) groups is 1. The van der Waals surface area contributed by atoms with Gasteiger partial charge in [-0.2, -0.15) is 0 Å². The minimum Gasteiger partial charge on any atom is -0.459 e. The highest BCUT2D eigenvalue weighted by atomic mass is 16.6. The minimum absolute atomic E-state index is 0.170. The molecule has 0 N–H and O–H groups in total. The van der Waals surface area contributed by atoms with Crippen LogP contribution in [0, 0.1) is 0 Å². The van der Waals surface area contributed by atoms with E-state index in [-0.39, 0.29) is 12.7 Å². The van der Waals surface area contributed by atoms with Gasteiger partial charge in [0, 0.05) is 32.0 Å². The molecule has 1 fully saturated rings. The molecular weight excluding hydrogens is 276 g/mol. The molecule has 0 aromatic heterocycles. The summed E-state index contributed by atoms with van der Waals surface area (Å²) in [6.07, 6.45) is 1.33. The highest BCUT2D eigenvalue weighted by Gasteiger charge is 2.13. The third-order valence-corrected chi connectivity index (χ3v) is 2.79. The van der Waals surface area contributed by atoms with Gasteiger partial charge in [0.15, 0.2) is 0 Å². The summed E-state index contributed by atoms with van der Waals surface area (Å²) >= 11 is 0. The van der Waals surface area contributed by atoms with Crippen LogP contribution in [-0.4, -0.2) is 64.9 Å². The van der Waals surface area contributed by atoms with E-state index < -0.39 is 5.97 Å². The lowest BCUT2D eigenvalue weighted by Crippen LogP contribution is -2.28. The van der Waals surface area contributed by atoms with Gasteiger partial charge in [-0.25, -0.2) is 4.79 Å². The Morgan fingerprint density at radius 2 is 1.67 bits per heavy atom. The monoisotopic (exact) mass is 302 g/mol. The van der Waals surface area contributed by atoms with Gasteiger partial charge in [-0.1, -0.05) is 6.58 Å². The van der Waals surface area contributed by atoms with Gasteiger partial charge in [-0.05, 0) is 19.8 Å². The van der Waals surface area contributed by atoms with Gasteiger partial charge in [-0.3, -0.25) is 0 Å². The smallest absolute Gasteiger partial charge is 0.333 e. The van der Waals surface area contributed by atoms with Crippen LogP contribution in [0.1, 0.15) is 19.8 Å². The Bertz CT molecular complexity index is 291. The molecule has 1 saturated heterocycles. The van der Waals surface area contributed by atoms with Crippen molar-refractivity contribution in [3.63, 3.8) is 0 Å². The Morgan fingerprint density at radius 1 is 1.05 bits per heavy atom. The fourth-order valence-corrected chi connectivity index (χ4v) is 1.65. The molecule has 1 heterocycles. The summed E-state index contributed by atoms with van der Waals surface area (Å²) in [5.41, 5.74) is 0.377. The quantitative estimate of drug-likeness (QED) is 0.579. The fourth-order valence-electron chi connectivity index (χ4n) is 1.65. The molecule has 0 spiro atoms. The van der Waals surface area contributed by atoms with Crippen LogP contribution in [0.2, 0.25) is 0 Å². The van der Waals surface area contributed by atoms with Crippen molar-refractivity contribution in [1.29, 1.82) is 0 Å². The van der Waals surface area contributed by atoms with Gasteiger partial charge < -0.3 is 23.7 Å². The minimum atomic E-state index is -0.408. The summed E-state index contributed by atoms with van der Waals surface area (Å²) < 4.78 is 27.1. The molecule has 122 valence electrons. The van der Waals surface area contributed by atoms with Crippen molar-refractivity contribution >= 4 is 5.97 Å². The first-order valence-electron chi connectivity index (χ1n) is 7.37. The lowest BCUT2D eigenvalue weighted by Gasteiger charge is -2.19. The Kier molecular flexibility index (Phi) is 10.1. The van der Waals surface area contributed by atoms with Gasteiger partial charge in [0.1, 0.15) is 12.7 Å². The summed E-state index contributed by atoms with van der Waals surface area (Å²) in [4.78, 5) is 11.4. The van der Waals surface area contributed by atoms with E-state index in [1.807, 2.05) is 0 Å². The van der Waals surface area contributed by atoms with Crippen molar-refractivity contribution in [3.8, 4) is 0 Å². The molecular formula is C15H26O6. The van der Waals surface area contributed by atoms with Gasteiger partial charge in [0.25, 0.3) is 0 Å². The molecule has 0 bridgehead atoms. The van der Waals surface area contributed by atoms with Gasteiger partial charge in [0.05, 0.1) is 19.8 Å². The number of carbonyl (C=O) groups excluding carboxylic acids is 1. The van der Waals surface area contributed by atoms with E-state index in [0.29, 0.717) is 51.8 Å². The number of ether oxygens (including phenoxy) is 5. The molecule has 0 amide bonds. The molecule has 0 radical (unpaired) electrons. The first-order valence-corrected chi connectivity index (χ1v) is 7.37. The van der Waals surface area contributed by atoms with Crippen LogP contribution in [0.4, 0.5) is 0 Å². The maximum Gasteiger partial charge on any atom is 0.333 e. The lowest BCUT2D eigenvalue weighted by molar-refractivity contribution is -0.145. The Hall–Kier alpha value is -0.950. The van der Waals surface area contributed by atoms with Gasteiger partial charge >= 0.3 is 5.97 Å². The molecule has 1 unspecified atom stereocenters. The Balaban J connectivity index is 2.31. The zero-order chi connectivity index (χ0) is 15.3. The van der Waals surface area contributed by atoms with E-state index in [1.165, 1.54) is 0 Å². The average molecular weight is 302 g/mol. The van der Waals surface area contributed by atoms with Crippen LogP contribution in [0.25, 0.3) is 0 Å². The predicted molar refractivity (Wildman–Crippen MR) is 77.2 cm³/mol. The zero-order valence-corrected chi connectivity index (χ0v) is 12.8. The average Bonchev–Trinajstić information content (AvgIpc) is 2.47. The van der Waals surface area contributed by atoms with Gasteiger partial charge in [0.2, 0.25) is 0 Å². The predicted octanol–water partition coefficient (Wildman–Crippen LogP) is 1.33. The molecule has 1 aliphatic heterocycles. The van der Waals surface area contributed by atoms with E-state index in [9.17, 15) is 4.79 Å². The second-order valence-corrected chi connectivity index (χ2v) is 4.88.